The lowest BCUT2D eigenvalue weighted by Gasteiger charge is -2.30. The fourth-order valence-corrected chi connectivity index (χ4v) is 5.26. The largest absolute Gasteiger partial charge is 0.489 e. The van der Waals surface area contributed by atoms with Crippen LogP contribution in [-0.2, 0) is 31.0 Å². The molecule has 6 heteroatoms. The summed E-state index contributed by atoms with van der Waals surface area (Å²) in [6.07, 6.45) is 0.994. The van der Waals surface area contributed by atoms with Crippen LogP contribution in [-0.4, -0.2) is 30.8 Å². The second-order valence-corrected chi connectivity index (χ2v) is 16.2. The summed E-state index contributed by atoms with van der Waals surface area (Å²) in [5.41, 5.74) is 6.01. The fourth-order valence-electron chi connectivity index (χ4n) is 4.50. The van der Waals surface area contributed by atoms with Gasteiger partial charge in [0.15, 0.2) is 0 Å². The lowest BCUT2D eigenvalue weighted by atomic mass is 10.00. The van der Waals surface area contributed by atoms with Crippen molar-refractivity contribution in [2.45, 2.75) is 52.0 Å². The summed E-state index contributed by atoms with van der Waals surface area (Å²) in [5.74, 6) is 1.90. The topological polar surface area (TPSA) is 39.5 Å². The van der Waals surface area contributed by atoms with Gasteiger partial charge in [0.1, 0.15) is 19.1 Å². The zero-order valence-electron chi connectivity index (χ0n) is 21.0. The number of benzene rings is 3. The van der Waals surface area contributed by atoms with Crippen LogP contribution in [0.3, 0.4) is 0 Å². The third-order valence-electron chi connectivity index (χ3n) is 6.57. The standard InChI is InChI=1S/C29H35N3O2Si/c1-35(2,3)18-17-33-22-32-28-12-8-7-11-27(28)30-29(32)31-16-15-24-13-14-26(19-25(24)20-31)34-21-23-9-5-4-6-10-23/h4-14,19H,15-18,20-22H2,1-3H3. The Morgan fingerprint density at radius 1 is 0.914 bits per heavy atom. The number of aromatic nitrogens is 2. The third kappa shape index (κ3) is 5.77. The predicted octanol–water partition coefficient (Wildman–Crippen LogP) is 6.49. The molecule has 4 aromatic rings. The second-order valence-electron chi connectivity index (χ2n) is 10.6. The number of fused-ring (bicyclic) bond motifs is 2. The van der Waals surface area contributed by atoms with Crippen molar-refractivity contribution in [1.29, 1.82) is 0 Å². The number of para-hydroxylation sites is 2. The van der Waals surface area contributed by atoms with Crippen LogP contribution in [0.25, 0.3) is 11.0 Å². The Kier molecular flexibility index (Phi) is 6.93. The van der Waals surface area contributed by atoms with E-state index < -0.39 is 8.07 Å². The Bertz CT molecular complexity index is 1280. The fraction of sp³-hybridized carbons (Fsp3) is 0.345. The first-order valence-electron chi connectivity index (χ1n) is 12.5. The molecule has 0 amide bonds. The normalized spacial score (nSPS) is 13.7. The van der Waals surface area contributed by atoms with E-state index in [0.29, 0.717) is 13.3 Å². The molecule has 0 aliphatic carbocycles. The Balaban J connectivity index is 1.34. The highest BCUT2D eigenvalue weighted by Gasteiger charge is 2.23. The summed E-state index contributed by atoms with van der Waals surface area (Å²) in [5, 5.41) is 0. The van der Waals surface area contributed by atoms with Gasteiger partial charge in [-0.05, 0) is 53.4 Å². The molecular formula is C29H35N3O2Si. The quantitative estimate of drug-likeness (QED) is 0.201. The first-order chi connectivity index (χ1) is 17.0. The van der Waals surface area contributed by atoms with E-state index in [2.05, 4.69) is 83.7 Å². The molecule has 0 fully saturated rings. The van der Waals surface area contributed by atoms with E-state index in [1.54, 1.807) is 0 Å². The number of anilines is 1. The molecule has 35 heavy (non-hydrogen) atoms. The maximum Gasteiger partial charge on any atom is 0.208 e. The molecule has 182 valence electrons. The summed E-state index contributed by atoms with van der Waals surface area (Å²) in [6.45, 7) is 10.8. The van der Waals surface area contributed by atoms with E-state index in [-0.39, 0.29) is 0 Å². The molecule has 0 bridgehead atoms. The minimum absolute atomic E-state index is 0.532. The SMILES string of the molecule is C[Si](C)(C)CCOCn1c(N2CCc3ccc(OCc4ccccc4)cc3C2)nc2ccccc21. The number of imidazole rings is 1. The van der Waals surface area contributed by atoms with Gasteiger partial charge in [0.2, 0.25) is 5.95 Å². The zero-order valence-corrected chi connectivity index (χ0v) is 22.0. The van der Waals surface area contributed by atoms with Gasteiger partial charge in [-0.3, -0.25) is 4.57 Å². The molecule has 0 atom stereocenters. The van der Waals surface area contributed by atoms with Crippen molar-refractivity contribution < 1.29 is 9.47 Å². The van der Waals surface area contributed by atoms with Gasteiger partial charge >= 0.3 is 0 Å². The summed E-state index contributed by atoms with van der Waals surface area (Å²) in [6, 6.07) is 26.3. The Morgan fingerprint density at radius 3 is 2.54 bits per heavy atom. The van der Waals surface area contributed by atoms with Crippen LogP contribution >= 0.6 is 0 Å². The minimum Gasteiger partial charge on any atom is -0.489 e. The van der Waals surface area contributed by atoms with E-state index in [9.17, 15) is 0 Å². The molecule has 0 saturated carbocycles. The average Bonchev–Trinajstić information content (AvgIpc) is 3.23. The Labute approximate surface area is 209 Å². The van der Waals surface area contributed by atoms with Gasteiger partial charge in [0, 0.05) is 27.8 Å². The van der Waals surface area contributed by atoms with Gasteiger partial charge in [0.25, 0.3) is 0 Å². The van der Waals surface area contributed by atoms with Crippen molar-refractivity contribution in [1.82, 2.24) is 9.55 Å². The average molecular weight is 486 g/mol. The maximum atomic E-state index is 6.17. The molecule has 0 unspecified atom stereocenters. The Hall–Kier alpha value is -3.09. The van der Waals surface area contributed by atoms with E-state index in [4.69, 9.17) is 14.5 Å². The molecule has 0 spiro atoms. The number of ether oxygens (including phenoxy) is 2. The van der Waals surface area contributed by atoms with Crippen LogP contribution in [0.4, 0.5) is 5.95 Å². The van der Waals surface area contributed by atoms with Crippen LogP contribution in [0.5, 0.6) is 5.75 Å². The van der Waals surface area contributed by atoms with Crippen molar-refractivity contribution in [3.05, 3.63) is 89.5 Å². The van der Waals surface area contributed by atoms with Crippen LogP contribution in [0.2, 0.25) is 25.7 Å². The van der Waals surface area contributed by atoms with Gasteiger partial charge in [-0.15, -0.1) is 0 Å². The molecule has 5 nitrogen and oxygen atoms in total. The van der Waals surface area contributed by atoms with E-state index in [1.807, 2.05) is 18.2 Å². The summed E-state index contributed by atoms with van der Waals surface area (Å²) in [4.78, 5) is 7.40. The molecule has 0 saturated heterocycles. The minimum atomic E-state index is -1.12. The molecule has 1 aliphatic rings. The lowest BCUT2D eigenvalue weighted by Crippen LogP contribution is -2.33. The zero-order chi connectivity index (χ0) is 24.3. The van der Waals surface area contributed by atoms with Crippen LogP contribution in [0, 0.1) is 0 Å². The van der Waals surface area contributed by atoms with Crippen molar-refractivity contribution >= 4 is 25.1 Å². The van der Waals surface area contributed by atoms with Gasteiger partial charge in [-0.2, -0.15) is 0 Å². The van der Waals surface area contributed by atoms with E-state index in [0.717, 1.165) is 54.9 Å². The molecule has 1 aliphatic heterocycles. The lowest BCUT2D eigenvalue weighted by molar-refractivity contribution is 0.0905. The van der Waals surface area contributed by atoms with Crippen molar-refractivity contribution in [3.8, 4) is 5.75 Å². The second kappa shape index (κ2) is 10.3. The highest BCUT2D eigenvalue weighted by molar-refractivity contribution is 6.76. The number of nitrogens with zero attached hydrogens (tertiary/aromatic N) is 3. The van der Waals surface area contributed by atoms with E-state index >= 15 is 0 Å². The van der Waals surface area contributed by atoms with Crippen molar-refractivity contribution in [3.63, 3.8) is 0 Å². The first-order valence-corrected chi connectivity index (χ1v) is 16.2. The van der Waals surface area contributed by atoms with Crippen LogP contribution in [0.15, 0.2) is 72.8 Å². The molecule has 0 N–H and O–H groups in total. The molecular weight excluding hydrogens is 450 g/mol. The smallest absolute Gasteiger partial charge is 0.208 e. The van der Waals surface area contributed by atoms with Crippen LogP contribution < -0.4 is 9.64 Å². The van der Waals surface area contributed by atoms with Gasteiger partial charge < -0.3 is 14.4 Å². The molecule has 3 aromatic carbocycles. The van der Waals surface area contributed by atoms with Gasteiger partial charge in [-0.25, -0.2) is 4.98 Å². The maximum absolute atomic E-state index is 6.17. The van der Waals surface area contributed by atoms with Gasteiger partial charge in [0.05, 0.1) is 11.0 Å². The first kappa shape index (κ1) is 23.6. The summed E-state index contributed by atoms with van der Waals surface area (Å²) in [7, 11) is -1.12. The number of hydrogen-bond acceptors (Lipinski definition) is 4. The molecule has 2 heterocycles. The molecule has 5 rings (SSSR count). The Morgan fingerprint density at radius 2 is 1.71 bits per heavy atom. The number of rotatable bonds is 9. The number of hydrogen-bond donors (Lipinski definition) is 0. The van der Waals surface area contributed by atoms with E-state index in [1.165, 1.54) is 16.7 Å². The van der Waals surface area contributed by atoms with Crippen molar-refractivity contribution in [2.75, 3.05) is 18.1 Å². The predicted molar refractivity (Wildman–Crippen MR) is 146 cm³/mol. The highest BCUT2D eigenvalue weighted by atomic mass is 28.3. The van der Waals surface area contributed by atoms with Crippen molar-refractivity contribution in [2.24, 2.45) is 0 Å². The molecule has 0 radical (unpaired) electrons. The third-order valence-corrected chi connectivity index (χ3v) is 8.28. The monoisotopic (exact) mass is 485 g/mol. The summed E-state index contributed by atoms with van der Waals surface area (Å²) >= 11 is 0. The van der Waals surface area contributed by atoms with Crippen LogP contribution in [0.1, 0.15) is 16.7 Å². The van der Waals surface area contributed by atoms with Gasteiger partial charge in [-0.1, -0.05) is 68.2 Å². The summed E-state index contributed by atoms with van der Waals surface area (Å²) < 4.78 is 14.5. The highest BCUT2D eigenvalue weighted by Crippen LogP contribution is 2.30. The molecule has 1 aromatic heterocycles.